The van der Waals surface area contributed by atoms with E-state index in [2.05, 4.69) is 21.3 Å². The van der Waals surface area contributed by atoms with Gasteiger partial charge in [-0.3, -0.25) is 5.10 Å². The van der Waals surface area contributed by atoms with E-state index >= 15 is 0 Å². The van der Waals surface area contributed by atoms with E-state index in [1.165, 1.54) is 0 Å². The van der Waals surface area contributed by atoms with Gasteiger partial charge in [-0.05, 0) is 0 Å². The molecule has 1 rings (SSSR count). The van der Waals surface area contributed by atoms with E-state index < -0.39 is 5.97 Å². The third kappa shape index (κ3) is 1.61. The topological polar surface area (TPSA) is 78.9 Å². The van der Waals surface area contributed by atoms with Gasteiger partial charge in [-0.25, -0.2) is 4.79 Å². The Morgan fingerprint density at radius 2 is 2.50 bits per heavy atom. The lowest BCUT2D eigenvalue weighted by molar-refractivity contribution is 0.0689. The number of H-pyrrole nitrogens is 1. The van der Waals surface area contributed by atoms with Gasteiger partial charge >= 0.3 is 5.97 Å². The van der Waals surface area contributed by atoms with Crippen molar-refractivity contribution >= 4 is 5.97 Å². The zero-order valence-electron chi connectivity index (χ0n) is 6.24. The number of hydrogen-bond acceptors (Lipinski definition) is 3. The van der Waals surface area contributed by atoms with Crippen LogP contribution in [0.3, 0.4) is 0 Å². The molecule has 5 nitrogen and oxygen atoms in total. The van der Waals surface area contributed by atoms with E-state index in [1.807, 2.05) is 0 Å². The Bertz CT molecular complexity index is 324. The van der Waals surface area contributed by atoms with Crippen LogP contribution in [0.4, 0.5) is 0 Å². The highest BCUT2D eigenvalue weighted by Crippen LogP contribution is 2.03. The Labute approximate surface area is 68.8 Å². The number of carboxylic acids is 1. The molecule has 5 heteroatoms. The average Bonchev–Trinajstić information content (AvgIpc) is 2.48. The van der Waals surface area contributed by atoms with Crippen molar-refractivity contribution in [1.29, 1.82) is 0 Å². The fraction of sp³-hybridized carbons (Fsp3) is 0.286. The molecule has 0 aliphatic carbocycles. The fourth-order valence-corrected chi connectivity index (χ4v) is 0.787. The maximum absolute atomic E-state index is 10.5. The molecule has 1 aromatic rings. The number of aromatic carboxylic acids is 1. The molecule has 1 heterocycles. The highest BCUT2D eigenvalue weighted by atomic mass is 16.4. The molecule has 0 fully saturated rings. The molecule has 0 saturated carbocycles. The minimum Gasteiger partial charge on any atom is -0.476 e. The highest BCUT2D eigenvalue weighted by molar-refractivity contribution is 5.86. The molecular weight excluding hydrogens is 158 g/mol. The third-order valence-electron chi connectivity index (χ3n) is 1.34. The van der Waals surface area contributed by atoms with Gasteiger partial charge in [0.15, 0.2) is 5.69 Å². The van der Waals surface area contributed by atoms with Crippen LogP contribution in [0.15, 0.2) is 0 Å². The predicted molar refractivity (Wildman–Crippen MR) is 40.5 cm³/mol. The number of carboxylic acid groups (broad SMARTS) is 1. The second kappa shape index (κ2) is 3.53. The second-order valence-corrected chi connectivity index (χ2v) is 2.14. The number of hydrogen-bond donors (Lipinski definition) is 2. The number of terminal acetylenes is 1. The quantitative estimate of drug-likeness (QED) is 0.621. The Morgan fingerprint density at radius 3 is 3.08 bits per heavy atom. The molecule has 0 aromatic carbocycles. The monoisotopic (exact) mass is 165 g/mol. The van der Waals surface area contributed by atoms with Gasteiger partial charge in [0, 0.05) is 12.8 Å². The summed E-state index contributed by atoms with van der Waals surface area (Å²) in [7, 11) is 0. The van der Waals surface area contributed by atoms with E-state index in [9.17, 15) is 4.79 Å². The summed E-state index contributed by atoms with van der Waals surface area (Å²) in [4.78, 5) is 10.5. The van der Waals surface area contributed by atoms with Crippen LogP contribution in [-0.2, 0) is 6.42 Å². The van der Waals surface area contributed by atoms with Crippen molar-refractivity contribution in [3.05, 3.63) is 11.4 Å². The zero-order valence-corrected chi connectivity index (χ0v) is 6.24. The van der Waals surface area contributed by atoms with Gasteiger partial charge in [0.05, 0.1) is 5.69 Å². The summed E-state index contributed by atoms with van der Waals surface area (Å²) in [5.74, 6) is 1.33. The van der Waals surface area contributed by atoms with Gasteiger partial charge in [0.25, 0.3) is 0 Å². The molecular formula is C7H7N3O2. The van der Waals surface area contributed by atoms with Crippen molar-refractivity contribution in [2.75, 3.05) is 0 Å². The minimum atomic E-state index is -1.06. The Hall–Kier alpha value is -1.83. The van der Waals surface area contributed by atoms with Gasteiger partial charge in [-0.15, -0.1) is 17.4 Å². The summed E-state index contributed by atoms with van der Waals surface area (Å²) >= 11 is 0. The lowest BCUT2D eigenvalue weighted by Gasteiger charge is -1.91. The Morgan fingerprint density at radius 1 is 1.75 bits per heavy atom. The first-order valence-electron chi connectivity index (χ1n) is 3.32. The number of aromatic nitrogens is 3. The van der Waals surface area contributed by atoms with Crippen molar-refractivity contribution in [2.24, 2.45) is 0 Å². The van der Waals surface area contributed by atoms with Crippen molar-refractivity contribution in [1.82, 2.24) is 15.4 Å². The Balaban J connectivity index is 2.79. The first-order chi connectivity index (χ1) is 5.75. The summed E-state index contributed by atoms with van der Waals surface area (Å²) < 4.78 is 0. The molecule has 2 N–H and O–H groups in total. The summed E-state index contributed by atoms with van der Waals surface area (Å²) in [6.07, 6.45) is 5.92. The number of aromatic amines is 1. The number of aryl methyl sites for hydroxylation is 1. The lowest BCUT2D eigenvalue weighted by atomic mass is 10.2. The van der Waals surface area contributed by atoms with Crippen LogP contribution >= 0.6 is 0 Å². The number of nitrogens with one attached hydrogen (secondary N) is 1. The minimum absolute atomic E-state index is 0.0188. The van der Waals surface area contributed by atoms with Gasteiger partial charge in [-0.2, -0.15) is 0 Å². The fourth-order valence-electron chi connectivity index (χ4n) is 0.787. The van der Waals surface area contributed by atoms with Gasteiger partial charge in [0.2, 0.25) is 0 Å². The molecule has 12 heavy (non-hydrogen) atoms. The maximum atomic E-state index is 10.5. The number of carbonyl (C=O) groups is 1. The molecule has 0 aliphatic heterocycles. The molecule has 62 valence electrons. The molecule has 1 aromatic heterocycles. The maximum Gasteiger partial charge on any atom is 0.355 e. The van der Waals surface area contributed by atoms with Crippen molar-refractivity contribution in [2.45, 2.75) is 12.8 Å². The van der Waals surface area contributed by atoms with Gasteiger partial charge < -0.3 is 5.11 Å². The first kappa shape index (κ1) is 8.27. The predicted octanol–water partition coefficient (Wildman–Crippen LogP) is 0.0687. The summed E-state index contributed by atoms with van der Waals surface area (Å²) in [6.45, 7) is 0. The molecule has 0 saturated heterocycles. The van der Waals surface area contributed by atoms with Crippen LogP contribution in [0.25, 0.3) is 0 Å². The second-order valence-electron chi connectivity index (χ2n) is 2.14. The lowest BCUT2D eigenvalue weighted by Crippen LogP contribution is -2.01. The van der Waals surface area contributed by atoms with E-state index in [4.69, 9.17) is 11.5 Å². The van der Waals surface area contributed by atoms with Crippen molar-refractivity contribution in [3.8, 4) is 12.3 Å². The highest BCUT2D eigenvalue weighted by Gasteiger charge is 2.12. The summed E-state index contributed by atoms with van der Waals surface area (Å²) in [5, 5.41) is 17.8. The van der Waals surface area contributed by atoms with E-state index in [1.54, 1.807) is 0 Å². The molecule has 0 spiro atoms. The van der Waals surface area contributed by atoms with Crippen LogP contribution in [0.1, 0.15) is 22.6 Å². The average molecular weight is 165 g/mol. The van der Waals surface area contributed by atoms with Gasteiger partial charge in [-0.1, -0.05) is 5.21 Å². The van der Waals surface area contributed by atoms with E-state index in [-0.39, 0.29) is 5.69 Å². The summed E-state index contributed by atoms with van der Waals surface area (Å²) in [6, 6.07) is 0. The van der Waals surface area contributed by atoms with Crippen LogP contribution in [0.2, 0.25) is 0 Å². The van der Waals surface area contributed by atoms with E-state index in [0.29, 0.717) is 18.5 Å². The van der Waals surface area contributed by atoms with Crippen LogP contribution in [0.5, 0.6) is 0 Å². The standard InChI is InChI=1S/C7H7N3O2/c1-2-3-4-5-6(7(11)12)9-10-8-5/h1H,3-4H2,(H,11,12)(H,8,9,10). The van der Waals surface area contributed by atoms with Crippen molar-refractivity contribution < 1.29 is 9.90 Å². The van der Waals surface area contributed by atoms with Crippen molar-refractivity contribution in [3.63, 3.8) is 0 Å². The molecule has 0 atom stereocenters. The van der Waals surface area contributed by atoms with Crippen LogP contribution in [-0.4, -0.2) is 26.5 Å². The van der Waals surface area contributed by atoms with Crippen LogP contribution in [0, 0.1) is 12.3 Å². The van der Waals surface area contributed by atoms with Crippen LogP contribution < -0.4 is 0 Å². The van der Waals surface area contributed by atoms with Gasteiger partial charge in [0.1, 0.15) is 0 Å². The normalized spacial score (nSPS) is 9.25. The summed E-state index contributed by atoms with van der Waals surface area (Å²) in [5.41, 5.74) is 0.422. The molecule has 0 aliphatic rings. The smallest absolute Gasteiger partial charge is 0.355 e. The molecule has 0 amide bonds. The first-order valence-corrected chi connectivity index (χ1v) is 3.32. The van der Waals surface area contributed by atoms with E-state index in [0.717, 1.165) is 0 Å². The number of nitrogens with zero attached hydrogens (tertiary/aromatic N) is 2. The molecule has 0 bridgehead atoms. The number of rotatable bonds is 3. The SMILES string of the molecule is C#CCCc1nn[nH]c1C(=O)O. The molecule has 0 radical (unpaired) electrons. The zero-order chi connectivity index (χ0) is 8.97. The third-order valence-corrected chi connectivity index (χ3v) is 1.34. The Kier molecular flexibility index (Phi) is 2.43. The molecule has 0 unspecified atom stereocenters. The largest absolute Gasteiger partial charge is 0.476 e.